The number of hydrogen-bond donors (Lipinski definition) is 2. The summed E-state index contributed by atoms with van der Waals surface area (Å²) in [6, 6.07) is 6.47. The number of halogens is 4. The van der Waals surface area contributed by atoms with Gasteiger partial charge in [-0.1, -0.05) is 11.6 Å². The summed E-state index contributed by atoms with van der Waals surface area (Å²) in [7, 11) is 1.70. The molecule has 2 aromatic heterocycles. The first kappa shape index (κ1) is 21.6. The van der Waals surface area contributed by atoms with E-state index in [2.05, 4.69) is 20.5 Å². The van der Waals surface area contributed by atoms with Gasteiger partial charge in [0.25, 0.3) is 0 Å². The number of carbonyl (C=O) groups is 1. The highest BCUT2D eigenvalue weighted by atomic mass is 35.5. The molecule has 3 rings (SSSR count). The number of alkyl halides is 3. The zero-order valence-electron chi connectivity index (χ0n) is 15.9. The van der Waals surface area contributed by atoms with E-state index in [9.17, 15) is 18.0 Å². The molecule has 0 unspecified atom stereocenters. The topological polar surface area (TPSA) is 98.7 Å². The van der Waals surface area contributed by atoms with Crippen LogP contribution in [0.2, 0.25) is 5.15 Å². The van der Waals surface area contributed by atoms with Gasteiger partial charge in [0.15, 0.2) is 5.82 Å². The second-order valence-corrected chi connectivity index (χ2v) is 6.97. The summed E-state index contributed by atoms with van der Waals surface area (Å²) < 4.78 is 41.6. The van der Waals surface area contributed by atoms with Crippen molar-refractivity contribution < 1.29 is 18.0 Å². The Morgan fingerprint density at radius 2 is 2.00 bits per heavy atom. The molecule has 0 saturated carbocycles. The predicted octanol–water partition coefficient (Wildman–Crippen LogP) is 3.89. The van der Waals surface area contributed by atoms with Crippen LogP contribution in [0.5, 0.6) is 0 Å². The van der Waals surface area contributed by atoms with Gasteiger partial charge >= 0.3 is 6.18 Å². The van der Waals surface area contributed by atoms with Crippen molar-refractivity contribution in [1.29, 1.82) is 0 Å². The summed E-state index contributed by atoms with van der Waals surface area (Å²) >= 11 is 6.12. The molecule has 2 heterocycles. The maximum atomic E-state index is 13.3. The van der Waals surface area contributed by atoms with Gasteiger partial charge in [0.2, 0.25) is 5.91 Å². The van der Waals surface area contributed by atoms with Gasteiger partial charge in [-0.15, -0.1) is 10.2 Å². The van der Waals surface area contributed by atoms with Gasteiger partial charge in [-0.3, -0.25) is 4.79 Å². The molecule has 0 saturated heterocycles. The highest BCUT2D eigenvalue weighted by Crippen LogP contribution is 2.38. The Morgan fingerprint density at radius 1 is 1.23 bits per heavy atom. The molecule has 0 bridgehead atoms. The fraction of sp³-hybridized carbons (Fsp3) is 0.263. The molecule has 0 atom stereocenters. The number of aromatic nitrogens is 4. The smallest absolute Gasteiger partial charge is 0.370 e. The number of hydrogen-bond acceptors (Lipinski definition) is 5. The number of aryl methyl sites for hydroxylation is 1. The Kier molecular flexibility index (Phi) is 6.25. The van der Waals surface area contributed by atoms with Crippen molar-refractivity contribution >= 4 is 23.3 Å². The van der Waals surface area contributed by atoms with E-state index in [4.69, 9.17) is 17.3 Å². The molecule has 0 aliphatic heterocycles. The number of amides is 1. The Balaban J connectivity index is 2.04. The number of pyridine rings is 1. The number of nitrogens with two attached hydrogens (primary N) is 1. The van der Waals surface area contributed by atoms with Gasteiger partial charge in [-0.2, -0.15) is 13.2 Å². The fourth-order valence-corrected chi connectivity index (χ4v) is 3.11. The van der Waals surface area contributed by atoms with Gasteiger partial charge in [-0.05, 0) is 47.9 Å². The molecular formula is C19H18ClF3N6O. The Labute approximate surface area is 175 Å². The van der Waals surface area contributed by atoms with Gasteiger partial charge < -0.3 is 15.6 Å². The van der Waals surface area contributed by atoms with E-state index in [1.165, 1.54) is 18.5 Å². The maximum Gasteiger partial charge on any atom is 0.416 e. The third-order valence-electron chi connectivity index (χ3n) is 4.31. The number of nitrogens with zero attached hydrogens (tertiary/aromatic N) is 4. The number of benzene rings is 1. The van der Waals surface area contributed by atoms with E-state index in [-0.39, 0.29) is 17.1 Å². The van der Waals surface area contributed by atoms with Crippen molar-refractivity contribution in [2.75, 3.05) is 11.9 Å². The number of anilines is 1. The summed E-state index contributed by atoms with van der Waals surface area (Å²) in [6.07, 6.45) is -2.38. The van der Waals surface area contributed by atoms with Crippen LogP contribution in [0.25, 0.3) is 22.5 Å². The molecule has 0 fully saturated rings. The summed E-state index contributed by atoms with van der Waals surface area (Å²) in [5.41, 5.74) is 5.49. The lowest BCUT2D eigenvalue weighted by Gasteiger charge is -2.15. The SMILES string of the molecule is Cn1cnnc1-c1ccc(C(F)(F)F)cc1-c1cc(Cl)nc(NCCCC(N)=O)c1. The van der Waals surface area contributed by atoms with Crippen LogP contribution in [0, 0.1) is 0 Å². The normalized spacial score (nSPS) is 11.5. The van der Waals surface area contributed by atoms with Crippen molar-refractivity contribution in [3.8, 4) is 22.5 Å². The van der Waals surface area contributed by atoms with E-state index >= 15 is 0 Å². The molecule has 1 amide bonds. The van der Waals surface area contributed by atoms with Crippen LogP contribution in [0.15, 0.2) is 36.7 Å². The minimum Gasteiger partial charge on any atom is -0.370 e. The summed E-state index contributed by atoms with van der Waals surface area (Å²) in [6.45, 7) is 0.397. The molecule has 3 N–H and O–H groups in total. The van der Waals surface area contributed by atoms with E-state index in [1.807, 2.05) is 0 Å². The molecule has 158 valence electrons. The molecular weight excluding hydrogens is 421 g/mol. The van der Waals surface area contributed by atoms with Gasteiger partial charge in [0, 0.05) is 25.6 Å². The van der Waals surface area contributed by atoms with E-state index in [1.54, 1.807) is 17.7 Å². The highest BCUT2D eigenvalue weighted by molar-refractivity contribution is 6.29. The number of rotatable bonds is 7. The molecule has 30 heavy (non-hydrogen) atoms. The molecule has 0 aliphatic rings. The van der Waals surface area contributed by atoms with Crippen LogP contribution in [0.3, 0.4) is 0 Å². The van der Waals surface area contributed by atoms with E-state index in [0.29, 0.717) is 35.7 Å². The Bertz CT molecular complexity index is 1070. The first-order valence-electron chi connectivity index (χ1n) is 8.91. The van der Waals surface area contributed by atoms with Crippen LogP contribution >= 0.6 is 11.6 Å². The lowest BCUT2D eigenvalue weighted by molar-refractivity contribution is -0.137. The summed E-state index contributed by atoms with van der Waals surface area (Å²) in [4.78, 5) is 15.0. The van der Waals surface area contributed by atoms with Gasteiger partial charge in [0.05, 0.1) is 5.56 Å². The van der Waals surface area contributed by atoms with Crippen LogP contribution in [-0.4, -0.2) is 32.2 Å². The minimum absolute atomic E-state index is 0.103. The zero-order chi connectivity index (χ0) is 21.9. The van der Waals surface area contributed by atoms with Gasteiger partial charge in [0.1, 0.15) is 17.3 Å². The van der Waals surface area contributed by atoms with Crippen LogP contribution in [0.4, 0.5) is 19.0 Å². The largest absolute Gasteiger partial charge is 0.416 e. The van der Waals surface area contributed by atoms with Crippen LogP contribution in [0.1, 0.15) is 18.4 Å². The van der Waals surface area contributed by atoms with Gasteiger partial charge in [-0.25, -0.2) is 4.98 Å². The summed E-state index contributed by atoms with van der Waals surface area (Å²) in [5.74, 6) is 0.347. The van der Waals surface area contributed by atoms with Crippen LogP contribution in [-0.2, 0) is 18.0 Å². The minimum atomic E-state index is -4.51. The average Bonchev–Trinajstić information content (AvgIpc) is 3.09. The molecule has 3 aromatic rings. The van der Waals surface area contributed by atoms with Crippen molar-refractivity contribution in [3.05, 3.63) is 47.4 Å². The quantitative estimate of drug-likeness (QED) is 0.430. The molecule has 0 aliphatic carbocycles. The van der Waals surface area contributed by atoms with Crippen molar-refractivity contribution in [2.45, 2.75) is 19.0 Å². The molecule has 0 radical (unpaired) electrons. The average molecular weight is 439 g/mol. The Hall–Kier alpha value is -3.14. The molecule has 7 nitrogen and oxygen atoms in total. The van der Waals surface area contributed by atoms with Crippen molar-refractivity contribution in [3.63, 3.8) is 0 Å². The number of nitrogens with one attached hydrogen (secondary N) is 1. The lowest BCUT2D eigenvalue weighted by Crippen LogP contribution is -2.13. The highest BCUT2D eigenvalue weighted by Gasteiger charge is 2.31. The molecule has 11 heteroatoms. The van der Waals surface area contributed by atoms with Crippen molar-refractivity contribution in [2.24, 2.45) is 12.8 Å². The van der Waals surface area contributed by atoms with E-state index < -0.39 is 17.6 Å². The number of primary amides is 1. The Morgan fingerprint density at radius 3 is 2.63 bits per heavy atom. The second kappa shape index (κ2) is 8.70. The third-order valence-corrected chi connectivity index (χ3v) is 4.50. The van der Waals surface area contributed by atoms with Crippen LogP contribution < -0.4 is 11.1 Å². The van der Waals surface area contributed by atoms with E-state index in [0.717, 1.165) is 12.1 Å². The van der Waals surface area contributed by atoms with Crippen molar-refractivity contribution in [1.82, 2.24) is 19.7 Å². The molecule has 1 aromatic carbocycles. The zero-order valence-corrected chi connectivity index (χ0v) is 16.6. The third kappa shape index (κ3) is 5.07. The second-order valence-electron chi connectivity index (χ2n) is 6.58. The number of carbonyl (C=O) groups excluding carboxylic acids is 1. The molecule has 0 spiro atoms. The maximum absolute atomic E-state index is 13.3. The predicted molar refractivity (Wildman–Crippen MR) is 107 cm³/mol. The fourth-order valence-electron chi connectivity index (χ4n) is 2.90. The monoisotopic (exact) mass is 438 g/mol. The first-order valence-corrected chi connectivity index (χ1v) is 9.28. The first-order chi connectivity index (χ1) is 14.1. The standard InChI is InChI=1S/C19H18ClF3N6O/c1-29-10-26-28-18(29)13-5-4-12(19(21,22)23)9-14(13)11-7-15(20)27-17(8-11)25-6-2-3-16(24)30/h4-5,7-10H,2-3,6H2,1H3,(H2,24,30)(H,25,27). The summed E-state index contributed by atoms with van der Waals surface area (Å²) in [5, 5.41) is 10.9. The lowest BCUT2D eigenvalue weighted by atomic mass is 9.97.